The van der Waals surface area contributed by atoms with E-state index in [0.29, 0.717) is 0 Å². The van der Waals surface area contributed by atoms with E-state index in [-0.39, 0.29) is 17.2 Å². The van der Waals surface area contributed by atoms with E-state index in [1.54, 1.807) is 18.1 Å². The van der Waals surface area contributed by atoms with Gasteiger partial charge in [-0.15, -0.1) is 0 Å². The molecule has 0 radical (unpaired) electrons. The van der Waals surface area contributed by atoms with Gasteiger partial charge in [-0.25, -0.2) is 9.97 Å². The highest BCUT2D eigenvalue weighted by atomic mass is 32.2. The van der Waals surface area contributed by atoms with Crippen LogP contribution in [-0.4, -0.2) is 40.3 Å². The molecule has 1 saturated heterocycles. The van der Waals surface area contributed by atoms with Gasteiger partial charge in [-0.3, -0.25) is 4.79 Å². The fraction of sp³-hybridized carbons (Fsp3) is 0.643. The highest BCUT2D eigenvalue weighted by molar-refractivity contribution is 8.00. The summed E-state index contributed by atoms with van der Waals surface area (Å²) in [7, 11) is 0. The molecule has 0 aromatic carbocycles. The molecule has 1 aromatic heterocycles. The van der Waals surface area contributed by atoms with Gasteiger partial charge in [0.05, 0.1) is 5.25 Å². The van der Waals surface area contributed by atoms with Gasteiger partial charge in [-0.05, 0) is 32.2 Å². The number of aryl methyl sites for hydroxylation is 1. The molecule has 1 fully saturated rings. The number of fused-ring (bicyclic) bond motifs is 1. The molecule has 20 heavy (non-hydrogen) atoms. The lowest BCUT2D eigenvalue weighted by Gasteiger charge is -2.24. The zero-order valence-corrected chi connectivity index (χ0v) is 12.5. The van der Waals surface area contributed by atoms with Crippen LogP contribution in [-0.2, 0) is 17.6 Å². The number of hydrogen-bond acceptors (Lipinski definition) is 5. The number of nitrogens with zero attached hydrogens (tertiary/aromatic N) is 2. The van der Waals surface area contributed by atoms with Crippen LogP contribution in [0.1, 0.15) is 31.0 Å². The fourth-order valence-electron chi connectivity index (χ4n) is 2.82. The maximum Gasteiger partial charge on any atom is 0.234 e. The molecule has 2 aliphatic heterocycles. The maximum absolute atomic E-state index is 12.4. The third-order valence-electron chi connectivity index (χ3n) is 3.91. The second-order valence-electron chi connectivity index (χ2n) is 5.32. The van der Waals surface area contributed by atoms with Crippen molar-refractivity contribution in [1.29, 1.82) is 0 Å². The molecule has 0 spiro atoms. The van der Waals surface area contributed by atoms with E-state index in [4.69, 9.17) is 0 Å². The Morgan fingerprint density at radius 2 is 2.45 bits per heavy atom. The Balaban J connectivity index is 1.64. The van der Waals surface area contributed by atoms with Crippen molar-refractivity contribution >= 4 is 17.7 Å². The van der Waals surface area contributed by atoms with E-state index in [1.807, 2.05) is 0 Å². The van der Waals surface area contributed by atoms with E-state index < -0.39 is 0 Å². The van der Waals surface area contributed by atoms with Gasteiger partial charge in [0, 0.05) is 23.8 Å². The SMILES string of the molecule is CCc1ncnc2c1CC(C(=O)NC1CCCNC1)S2. The fourth-order valence-corrected chi connectivity index (χ4v) is 3.96. The Labute approximate surface area is 123 Å². The van der Waals surface area contributed by atoms with Crippen molar-refractivity contribution in [3.05, 3.63) is 17.6 Å². The van der Waals surface area contributed by atoms with Gasteiger partial charge < -0.3 is 10.6 Å². The van der Waals surface area contributed by atoms with E-state index in [9.17, 15) is 4.79 Å². The summed E-state index contributed by atoms with van der Waals surface area (Å²) < 4.78 is 0. The van der Waals surface area contributed by atoms with Crippen LogP contribution >= 0.6 is 11.8 Å². The van der Waals surface area contributed by atoms with Crippen LogP contribution in [0.15, 0.2) is 11.4 Å². The summed E-state index contributed by atoms with van der Waals surface area (Å²) in [4.78, 5) is 21.0. The summed E-state index contributed by atoms with van der Waals surface area (Å²) >= 11 is 1.58. The summed E-state index contributed by atoms with van der Waals surface area (Å²) in [6.07, 6.45) is 5.47. The average molecular weight is 292 g/mol. The molecule has 2 unspecified atom stereocenters. The molecule has 2 N–H and O–H groups in total. The molecular formula is C14H20N4OS. The second-order valence-corrected chi connectivity index (χ2v) is 6.51. The molecule has 1 aromatic rings. The van der Waals surface area contributed by atoms with Crippen LogP contribution in [0.5, 0.6) is 0 Å². The zero-order valence-electron chi connectivity index (χ0n) is 11.7. The quantitative estimate of drug-likeness (QED) is 0.811. The highest BCUT2D eigenvalue weighted by Crippen LogP contribution is 2.36. The van der Waals surface area contributed by atoms with Gasteiger partial charge in [0.2, 0.25) is 5.91 Å². The third kappa shape index (κ3) is 2.81. The molecule has 6 heteroatoms. The molecule has 2 atom stereocenters. The summed E-state index contributed by atoms with van der Waals surface area (Å²) in [6, 6.07) is 0.275. The number of carbonyl (C=O) groups excluding carboxylic acids is 1. The molecule has 0 bridgehead atoms. The Morgan fingerprint density at radius 3 is 3.20 bits per heavy atom. The highest BCUT2D eigenvalue weighted by Gasteiger charge is 2.32. The van der Waals surface area contributed by atoms with Gasteiger partial charge in [-0.2, -0.15) is 0 Å². The first-order chi connectivity index (χ1) is 9.78. The van der Waals surface area contributed by atoms with Crippen molar-refractivity contribution in [2.24, 2.45) is 0 Å². The number of carbonyl (C=O) groups is 1. The Kier molecular flexibility index (Phi) is 4.21. The standard InChI is InChI=1S/C14H20N4OS/c1-2-11-10-6-12(20-14(10)17-8-16-11)13(19)18-9-4-3-5-15-7-9/h8-9,12,15H,2-7H2,1H3,(H,18,19). The van der Waals surface area contributed by atoms with Crippen LogP contribution in [0, 0.1) is 0 Å². The molecule has 2 aliphatic rings. The summed E-state index contributed by atoms with van der Waals surface area (Å²) in [5.41, 5.74) is 2.25. The minimum Gasteiger partial charge on any atom is -0.351 e. The van der Waals surface area contributed by atoms with E-state index in [1.165, 1.54) is 5.56 Å². The number of rotatable bonds is 3. The molecular weight excluding hydrogens is 272 g/mol. The largest absolute Gasteiger partial charge is 0.351 e. The van der Waals surface area contributed by atoms with Crippen LogP contribution in [0.2, 0.25) is 0 Å². The smallest absolute Gasteiger partial charge is 0.234 e. The number of nitrogens with one attached hydrogen (secondary N) is 2. The minimum atomic E-state index is -0.0473. The number of aromatic nitrogens is 2. The third-order valence-corrected chi connectivity index (χ3v) is 5.15. The van der Waals surface area contributed by atoms with Crippen LogP contribution in [0.4, 0.5) is 0 Å². The molecule has 108 valence electrons. The Bertz CT molecular complexity index is 502. The van der Waals surface area contributed by atoms with Crippen LogP contribution in [0.25, 0.3) is 0 Å². The number of piperidine rings is 1. The summed E-state index contributed by atoms with van der Waals surface area (Å²) in [6.45, 7) is 4.04. The normalized spacial score (nSPS) is 25.2. The number of amides is 1. The van der Waals surface area contributed by atoms with Crippen molar-refractivity contribution in [3.8, 4) is 0 Å². The average Bonchev–Trinajstić information content (AvgIpc) is 2.92. The van der Waals surface area contributed by atoms with Crippen molar-refractivity contribution in [3.63, 3.8) is 0 Å². The first kappa shape index (κ1) is 13.8. The van der Waals surface area contributed by atoms with Crippen LogP contribution < -0.4 is 10.6 Å². The van der Waals surface area contributed by atoms with Crippen molar-refractivity contribution in [2.45, 2.75) is 48.9 Å². The molecule has 1 amide bonds. The Hall–Kier alpha value is -1.14. The molecule has 5 nitrogen and oxygen atoms in total. The van der Waals surface area contributed by atoms with Gasteiger partial charge in [0.15, 0.2) is 0 Å². The lowest BCUT2D eigenvalue weighted by Crippen LogP contribution is -2.48. The molecule has 3 rings (SSSR count). The van der Waals surface area contributed by atoms with Crippen molar-refractivity contribution in [2.75, 3.05) is 13.1 Å². The topological polar surface area (TPSA) is 66.9 Å². The van der Waals surface area contributed by atoms with Crippen molar-refractivity contribution < 1.29 is 4.79 Å². The molecule has 0 saturated carbocycles. The van der Waals surface area contributed by atoms with E-state index in [2.05, 4.69) is 27.5 Å². The maximum atomic E-state index is 12.4. The zero-order chi connectivity index (χ0) is 13.9. The predicted molar refractivity (Wildman–Crippen MR) is 78.8 cm³/mol. The van der Waals surface area contributed by atoms with Gasteiger partial charge in [0.25, 0.3) is 0 Å². The molecule has 3 heterocycles. The predicted octanol–water partition coefficient (Wildman–Crippen LogP) is 0.924. The lowest BCUT2D eigenvalue weighted by molar-refractivity contribution is -0.121. The summed E-state index contributed by atoms with van der Waals surface area (Å²) in [5, 5.41) is 7.42. The van der Waals surface area contributed by atoms with E-state index >= 15 is 0 Å². The van der Waals surface area contributed by atoms with Gasteiger partial charge >= 0.3 is 0 Å². The molecule has 0 aliphatic carbocycles. The second kappa shape index (κ2) is 6.10. The van der Waals surface area contributed by atoms with Gasteiger partial charge in [0.1, 0.15) is 11.4 Å². The lowest BCUT2D eigenvalue weighted by atomic mass is 10.1. The number of hydrogen-bond donors (Lipinski definition) is 2. The Morgan fingerprint density at radius 1 is 1.55 bits per heavy atom. The van der Waals surface area contributed by atoms with Crippen molar-refractivity contribution in [1.82, 2.24) is 20.6 Å². The first-order valence-corrected chi connectivity index (χ1v) is 8.16. The van der Waals surface area contributed by atoms with Crippen LogP contribution in [0.3, 0.4) is 0 Å². The van der Waals surface area contributed by atoms with Gasteiger partial charge in [-0.1, -0.05) is 18.7 Å². The summed E-state index contributed by atoms with van der Waals surface area (Å²) in [5.74, 6) is 0.142. The first-order valence-electron chi connectivity index (χ1n) is 7.28. The monoisotopic (exact) mass is 292 g/mol. The minimum absolute atomic E-state index is 0.0473. The van der Waals surface area contributed by atoms with E-state index in [0.717, 1.165) is 49.5 Å². The number of thioether (sulfide) groups is 1.